The van der Waals surface area contributed by atoms with Crippen molar-refractivity contribution in [3.8, 4) is 0 Å². The summed E-state index contributed by atoms with van der Waals surface area (Å²) in [5.41, 5.74) is 5.08. The smallest absolute Gasteiger partial charge is 0.370 e. The minimum Gasteiger partial charge on any atom is -0.370 e. The summed E-state index contributed by atoms with van der Waals surface area (Å²) in [5.74, 6) is -1.65. The molecule has 0 rings (SSSR count). The van der Waals surface area contributed by atoms with Gasteiger partial charge in [0.05, 0.1) is 0 Å². The Balaban J connectivity index is 3.75. The Morgan fingerprint density at radius 1 is 1.33 bits per heavy atom. The van der Waals surface area contributed by atoms with Crippen LogP contribution in [0.2, 0.25) is 0 Å². The fourth-order valence-electron chi connectivity index (χ4n) is 0.644. The van der Waals surface area contributed by atoms with Crippen LogP contribution in [0.4, 0.5) is 0 Å². The van der Waals surface area contributed by atoms with Gasteiger partial charge in [-0.3, -0.25) is 5.41 Å². The third kappa shape index (κ3) is 6.30. The highest BCUT2D eigenvalue weighted by atomic mass is 17.2. The van der Waals surface area contributed by atoms with Gasteiger partial charge >= 0.3 is 11.9 Å². The van der Waals surface area contributed by atoms with Crippen LogP contribution in [0, 0.1) is 5.41 Å². The molecule has 0 atom stereocenters. The zero-order valence-electron chi connectivity index (χ0n) is 8.78. The summed E-state index contributed by atoms with van der Waals surface area (Å²) in [7, 11) is 1.44. The maximum absolute atomic E-state index is 11.0. The number of likely N-dealkylation sites (N-methyl/N-ethyl adjacent to an activating group) is 1. The van der Waals surface area contributed by atoms with Crippen LogP contribution in [-0.2, 0) is 19.4 Å². The molecule has 0 aromatic rings. The van der Waals surface area contributed by atoms with Crippen molar-refractivity contribution in [3.05, 3.63) is 0 Å². The largest absolute Gasteiger partial charge is 0.374 e. The van der Waals surface area contributed by atoms with E-state index < -0.39 is 11.9 Å². The Bertz CT molecular complexity index is 254. The molecule has 0 heterocycles. The summed E-state index contributed by atoms with van der Waals surface area (Å²) in [6.45, 7) is 1.56. The van der Waals surface area contributed by atoms with Gasteiger partial charge in [-0.2, -0.15) is 0 Å². The van der Waals surface area contributed by atoms with Gasteiger partial charge in [-0.05, 0) is 6.42 Å². The molecular weight excluding hydrogens is 202 g/mol. The maximum Gasteiger partial charge on any atom is 0.374 e. The van der Waals surface area contributed by atoms with Crippen molar-refractivity contribution in [2.45, 2.75) is 19.8 Å². The van der Waals surface area contributed by atoms with Gasteiger partial charge < -0.3 is 10.6 Å². The van der Waals surface area contributed by atoms with Gasteiger partial charge in [-0.15, -0.1) is 0 Å². The number of nitrogens with two attached hydrogens (primary N) is 1. The topological polar surface area (TPSA) is 106 Å². The van der Waals surface area contributed by atoms with Crippen molar-refractivity contribution >= 4 is 17.9 Å². The van der Waals surface area contributed by atoms with Gasteiger partial charge in [-0.1, -0.05) is 6.92 Å². The SMILES string of the molecule is CCCC(=O)OOC(=O)CN(C)C(=N)N. The number of nitrogens with zero attached hydrogens (tertiary/aromatic N) is 1. The molecule has 0 aromatic carbocycles. The standard InChI is InChI=1S/C8H15N3O4/c1-3-4-6(12)14-15-7(13)5-11(2)8(9)10/h3-5H2,1-2H3,(H3,9,10). The average Bonchev–Trinajstić information content (AvgIpc) is 2.15. The van der Waals surface area contributed by atoms with E-state index in [1.54, 1.807) is 6.92 Å². The first-order chi connectivity index (χ1) is 6.97. The Morgan fingerprint density at radius 2 is 1.87 bits per heavy atom. The lowest BCUT2D eigenvalue weighted by molar-refractivity contribution is -0.259. The summed E-state index contributed by atoms with van der Waals surface area (Å²) in [6, 6.07) is 0. The monoisotopic (exact) mass is 217 g/mol. The van der Waals surface area contributed by atoms with Crippen molar-refractivity contribution in [1.29, 1.82) is 5.41 Å². The van der Waals surface area contributed by atoms with Gasteiger partial charge in [-0.25, -0.2) is 19.4 Å². The van der Waals surface area contributed by atoms with Gasteiger partial charge in [0.2, 0.25) is 0 Å². The van der Waals surface area contributed by atoms with Crippen LogP contribution in [0.5, 0.6) is 0 Å². The lowest BCUT2D eigenvalue weighted by Gasteiger charge is -2.13. The molecule has 0 unspecified atom stereocenters. The van der Waals surface area contributed by atoms with E-state index in [0.717, 1.165) is 4.90 Å². The van der Waals surface area contributed by atoms with Crippen LogP contribution in [0.15, 0.2) is 0 Å². The first-order valence-corrected chi connectivity index (χ1v) is 4.42. The molecule has 0 radical (unpaired) electrons. The Morgan fingerprint density at radius 3 is 2.33 bits per heavy atom. The normalized spacial score (nSPS) is 9.20. The first-order valence-electron chi connectivity index (χ1n) is 4.42. The first kappa shape index (κ1) is 13.2. The molecule has 15 heavy (non-hydrogen) atoms. The van der Waals surface area contributed by atoms with E-state index in [9.17, 15) is 9.59 Å². The highest BCUT2D eigenvalue weighted by Crippen LogP contribution is 1.93. The molecule has 86 valence electrons. The summed E-state index contributed by atoms with van der Waals surface area (Å²) in [6.07, 6.45) is 0.805. The van der Waals surface area contributed by atoms with Gasteiger partial charge in [0.25, 0.3) is 0 Å². The quantitative estimate of drug-likeness (QED) is 0.287. The molecular formula is C8H15N3O4. The number of nitrogens with one attached hydrogen (secondary N) is 1. The summed E-state index contributed by atoms with van der Waals surface area (Å²) in [4.78, 5) is 31.3. The number of carbonyl (C=O) groups excluding carboxylic acids is 2. The Kier molecular flexibility index (Phi) is 5.84. The summed E-state index contributed by atoms with van der Waals surface area (Å²) < 4.78 is 0. The average molecular weight is 217 g/mol. The molecule has 0 aliphatic carbocycles. The predicted molar refractivity (Wildman–Crippen MR) is 51.6 cm³/mol. The van der Waals surface area contributed by atoms with E-state index in [2.05, 4.69) is 9.78 Å². The highest BCUT2D eigenvalue weighted by Gasteiger charge is 2.12. The van der Waals surface area contributed by atoms with Crippen LogP contribution in [0.1, 0.15) is 19.8 Å². The van der Waals surface area contributed by atoms with Crippen LogP contribution < -0.4 is 5.73 Å². The van der Waals surface area contributed by atoms with E-state index in [4.69, 9.17) is 11.1 Å². The zero-order chi connectivity index (χ0) is 11.8. The Hall–Kier alpha value is -1.79. The summed E-state index contributed by atoms with van der Waals surface area (Å²) >= 11 is 0. The molecule has 3 N–H and O–H groups in total. The molecule has 0 saturated carbocycles. The van der Waals surface area contributed by atoms with Crippen LogP contribution >= 0.6 is 0 Å². The third-order valence-electron chi connectivity index (χ3n) is 1.46. The van der Waals surface area contributed by atoms with Crippen LogP contribution in [0.25, 0.3) is 0 Å². The predicted octanol–water partition coefficient (Wildman–Crippen LogP) is -0.387. The van der Waals surface area contributed by atoms with Crippen molar-refractivity contribution in [3.63, 3.8) is 0 Å². The molecule has 0 fully saturated rings. The van der Waals surface area contributed by atoms with Gasteiger partial charge in [0.1, 0.15) is 6.54 Å². The number of carbonyl (C=O) groups is 2. The molecule has 7 heteroatoms. The fraction of sp³-hybridized carbons (Fsp3) is 0.625. The van der Waals surface area contributed by atoms with Crippen molar-refractivity contribution < 1.29 is 19.4 Å². The minimum atomic E-state index is -0.780. The van der Waals surface area contributed by atoms with Gasteiger partial charge in [0, 0.05) is 13.5 Å². The molecule has 7 nitrogen and oxygen atoms in total. The second-order valence-electron chi connectivity index (χ2n) is 2.90. The van der Waals surface area contributed by atoms with Crippen LogP contribution in [0.3, 0.4) is 0 Å². The number of guanidine groups is 1. The summed E-state index contributed by atoms with van der Waals surface area (Å²) in [5, 5.41) is 6.96. The van der Waals surface area contributed by atoms with E-state index in [1.165, 1.54) is 7.05 Å². The highest BCUT2D eigenvalue weighted by molar-refractivity contribution is 5.81. The molecule has 0 aliphatic heterocycles. The number of rotatable bonds is 4. The van der Waals surface area contributed by atoms with Crippen molar-refractivity contribution in [2.75, 3.05) is 13.6 Å². The van der Waals surface area contributed by atoms with Crippen molar-refractivity contribution in [2.24, 2.45) is 5.73 Å². The molecule has 0 saturated heterocycles. The van der Waals surface area contributed by atoms with E-state index >= 15 is 0 Å². The third-order valence-corrected chi connectivity index (χ3v) is 1.46. The molecule has 0 spiro atoms. The molecule has 0 aromatic heterocycles. The number of hydrogen-bond donors (Lipinski definition) is 2. The second kappa shape index (κ2) is 6.63. The van der Waals surface area contributed by atoms with Crippen LogP contribution in [-0.4, -0.2) is 36.4 Å². The minimum absolute atomic E-state index is 0.190. The van der Waals surface area contributed by atoms with E-state index in [1.807, 2.05) is 0 Å². The lowest BCUT2D eigenvalue weighted by Crippen LogP contribution is -2.37. The van der Waals surface area contributed by atoms with E-state index in [0.29, 0.717) is 6.42 Å². The second-order valence-corrected chi connectivity index (χ2v) is 2.90. The zero-order valence-corrected chi connectivity index (χ0v) is 8.78. The Labute approximate surface area is 87.6 Å². The molecule has 0 bridgehead atoms. The molecule has 0 aliphatic rings. The number of hydrogen-bond acceptors (Lipinski definition) is 5. The maximum atomic E-state index is 11.0. The fourth-order valence-corrected chi connectivity index (χ4v) is 0.644. The van der Waals surface area contributed by atoms with Gasteiger partial charge in [0.15, 0.2) is 5.96 Å². The lowest BCUT2D eigenvalue weighted by atomic mass is 10.3. The van der Waals surface area contributed by atoms with E-state index in [-0.39, 0.29) is 18.9 Å². The molecule has 0 amide bonds. The van der Waals surface area contributed by atoms with Crippen molar-refractivity contribution in [1.82, 2.24) is 4.90 Å².